The Morgan fingerprint density at radius 1 is 1.00 bits per heavy atom. The van der Waals surface area contributed by atoms with Gasteiger partial charge < -0.3 is 0 Å². The molecule has 0 fully saturated rings. The first kappa shape index (κ1) is 11.4. The van der Waals surface area contributed by atoms with Crippen LogP contribution in [0.4, 0.5) is 0 Å². The van der Waals surface area contributed by atoms with Crippen LogP contribution in [0.3, 0.4) is 0 Å². The number of hydrogen-bond acceptors (Lipinski definition) is 0. The summed E-state index contributed by atoms with van der Waals surface area (Å²) < 4.78 is 0. The molecule has 0 spiro atoms. The van der Waals surface area contributed by atoms with Gasteiger partial charge in [0.1, 0.15) is 0 Å². The molecule has 0 atom stereocenters. The lowest BCUT2D eigenvalue weighted by Crippen LogP contribution is -1.93. The first-order chi connectivity index (χ1) is 7.86. The molecule has 0 heterocycles. The molecule has 0 unspecified atom stereocenters. The largest absolute Gasteiger partial charge is 0.0656 e. The highest BCUT2D eigenvalue weighted by molar-refractivity contribution is 5.76. The zero-order valence-corrected chi connectivity index (χ0v) is 10.6. The minimum atomic E-state index is 1.24. The van der Waals surface area contributed by atoms with Gasteiger partial charge in [-0.3, -0.25) is 0 Å². The molecule has 0 saturated heterocycles. The van der Waals surface area contributed by atoms with Crippen LogP contribution in [0.2, 0.25) is 0 Å². The molecule has 0 heteroatoms. The second-order valence-electron chi connectivity index (χ2n) is 4.83. The average Bonchev–Trinajstić information content (AvgIpc) is 2.68. The van der Waals surface area contributed by atoms with Gasteiger partial charge in [-0.1, -0.05) is 50.1 Å². The van der Waals surface area contributed by atoms with Crippen LogP contribution in [0, 0.1) is 0 Å². The van der Waals surface area contributed by atoms with Crippen molar-refractivity contribution in [1.82, 2.24) is 0 Å². The maximum Gasteiger partial charge on any atom is -0.00550 e. The van der Waals surface area contributed by atoms with Gasteiger partial charge >= 0.3 is 0 Å². The van der Waals surface area contributed by atoms with Crippen LogP contribution in [0.5, 0.6) is 0 Å². The molecule has 0 amide bonds. The van der Waals surface area contributed by atoms with E-state index in [0.717, 1.165) is 0 Å². The molecular weight excluding hydrogens is 192 g/mol. The van der Waals surface area contributed by atoms with Crippen LogP contribution in [-0.2, 0) is 6.42 Å². The molecule has 0 radical (unpaired) electrons. The molecule has 2 aliphatic rings. The van der Waals surface area contributed by atoms with E-state index in [1.807, 2.05) is 0 Å². The highest BCUT2D eigenvalue weighted by atomic mass is 14.3. The quantitative estimate of drug-likeness (QED) is 0.571. The van der Waals surface area contributed by atoms with Gasteiger partial charge in [-0.15, -0.1) is 0 Å². The van der Waals surface area contributed by atoms with Crippen molar-refractivity contribution < 1.29 is 0 Å². The molecule has 2 aliphatic carbocycles. The van der Waals surface area contributed by atoms with Crippen molar-refractivity contribution in [3.05, 3.63) is 41.0 Å². The fraction of sp³-hybridized carbons (Fsp3) is 0.500. The molecule has 0 aromatic heterocycles. The van der Waals surface area contributed by atoms with Crippen LogP contribution in [-0.4, -0.2) is 0 Å². The van der Waals surface area contributed by atoms with Gasteiger partial charge in [-0.2, -0.15) is 0 Å². The van der Waals surface area contributed by atoms with E-state index < -0.39 is 0 Å². The second kappa shape index (κ2) is 5.34. The van der Waals surface area contributed by atoms with E-state index in [-0.39, 0.29) is 0 Å². The summed E-state index contributed by atoms with van der Waals surface area (Å²) in [5.74, 6) is 0. The third kappa shape index (κ3) is 2.21. The summed E-state index contributed by atoms with van der Waals surface area (Å²) in [5, 5.41) is 0. The molecular formula is C16H22. The lowest BCUT2D eigenvalue weighted by molar-refractivity contribution is 0.711. The van der Waals surface area contributed by atoms with E-state index in [2.05, 4.69) is 38.1 Å². The Morgan fingerprint density at radius 3 is 2.50 bits per heavy atom. The first-order valence-corrected chi connectivity index (χ1v) is 6.66. The Labute approximate surface area is 99.4 Å². The van der Waals surface area contributed by atoms with Gasteiger partial charge in [-0.05, 0) is 48.8 Å². The maximum absolute atomic E-state index is 2.29. The standard InChI is InChI=1S/C13H14.C3H8/c1-3-7-12-10(5-1)9-11-6-2-4-8-13(11)12;1-3-2/h1,3,5,7H,2,4,6,8-9H2;3H2,1-2H3. The van der Waals surface area contributed by atoms with Crippen molar-refractivity contribution >= 4 is 5.57 Å². The van der Waals surface area contributed by atoms with E-state index in [1.165, 1.54) is 38.5 Å². The molecule has 86 valence electrons. The van der Waals surface area contributed by atoms with Crippen LogP contribution < -0.4 is 0 Å². The Morgan fingerprint density at radius 2 is 1.69 bits per heavy atom. The van der Waals surface area contributed by atoms with Gasteiger partial charge in [0.2, 0.25) is 0 Å². The van der Waals surface area contributed by atoms with Crippen molar-refractivity contribution in [3.8, 4) is 0 Å². The van der Waals surface area contributed by atoms with Gasteiger partial charge in [-0.25, -0.2) is 0 Å². The fourth-order valence-electron chi connectivity index (χ4n) is 2.69. The molecule has 1 aromatic rings. The van der Waals surface area contributed by atoms with Gasteiger partial charge in [0, 0.05) is 0 Å². The minimum absolute atomic E-state index is 1.24. The molecule has 0 bridgehead atoms. The number of rotatable bonds is 0. The lowest BCUT2D eigenvalue weighted by atomic mass is 9.92. The fourth-order valence-corrected chi connectivity index (χ4v) is 2.69. The number of fused-ring (bicyclic) bond motifs is 2. The summed E-state index contributed by atoms with van der Waals surface area (Å²) in [6, 6.07) is 8.91. The van der Waals surface area contributed by atoms with Crippen LogP contribution in [0.15, 0.2) is 29.8 Å². The topological polar surface area (TPSA) is 0 Å². The molecule has 3 rings (SSSR count). The van der Waals surface area contributed by atoms with Crippen LogP contribution >= 0.6 is 0 Å². The van der Waals surface area contributed by atoms with Crippen molar-refractivity contribution in [2.45, 2.75) is 52.4 Å². The zero-order chi connectivity index (χ0) is 11.4. The summed E-state index contributed by atoms with van der Waals surface area (Å²) in [6.07, 6.45) is 7.97. The molecule has 1 aromatic carbocycles. The number of hydrogen-bond donors (Lipinski definition) is 0. The highest BCUT2D eigenvalue weighted by Crippen LogP contribution is 2.40. The molecule has 0 N–H and O–H groups in total. The highest BCUT2D eigenvalue weighted by Gasteiger charge is 2.22. The van der Waals surface area contributed by atoms with Gasteiger partial charge in [0.05, 0.1) is 0 Å². The Kier molecular flexibility index (Phi) is 3.82. The van der Waals surface area contributed by atoms with E-state index in [4.69, 9.17) is 0 Å². The van der Waals surface area contributed by atoms with E-state index in [0.29, 0.717) is 0 Å². The summed E-state index contributed by atoms with van der Waals surface area (Å²) in [7, 11) is 0. The predicted octanol–water partition coefficient (Wildman–Crippen LogP) is 4.99. The molecule has 0 nitrogen and oxygen atoms in total. The second-order valence-corrected chi connectivity index (χ2v) is 4.83. The van der Waals surface area contributed by atoms with Crippen LogP contribution in [0.25, 0.3) is 5.57 Å². The van der Waals surface area contributed by atoms with E-state index in [9.17, 15) is 0 Å². The molecule has 0 aliphatic heterocycles. The third-order valence-electron chi connectivity index (χ3n) is 3.33. The van der Waals surface area contributed by atoms with Crippen molar-refractivity contribution in [3.63, 3.8) is 0 Å². The summed E-state index contributed by atoms with van der Waals surface area (Å²) in [6.45, 7) is 4.25. The lowest BCUT2D eigenvalue weighted by Gasteiger charge is -2.13. The molecule has 0 saturated carbocycles. The predicted molar refractivity (Wildman–Crippen MR) is 71.5 cm³/mol. The van der Waals surface area contributed by atoms with Gasteiger partial charge in [0.15, 0.2) is 0 Å². The summed E-state index contributed by atoms with van der Waals surface area (Å²) >= 11 is 0. The van der Waals surface area contributed by atoms with E-state index in [1.54, 1.807) is 22.3 Å². The average molecular weight is 214 g/mol. The zero-order valence-electron chi connectivity index (χ0n) is 10.6. The normalized spacial score (nSPS) is 17.4. The first-order valence-electron chi connectivity index (χ1n) is 6.66. The maximum atomic E-state index is 2.29. The van der Waals surface area contributed by atoms with Crippen molar-refractivity contribution in [2.75, 3.05) is 0 Å². The summed E-state index contributed by atoms with van der Waals surface area (Å²) in [4.78, 5) is 0. The monoisotopic (exact) mass is 214 g/mol. The summed E-state index contributed by atoms with van der Waals surface area (Å²) in [5.41, 5.74) is 6.53. The van der Waals surface area contributed by atoms with Gasteiger partial charge in [0.25, 0.3) is 0 Å². The van der Waals surface area contributed by atoms with Crippen LogP contribution in [0.1, 0.15) is 57.1 Å². The van der Waals surface area contributed by atoms with Crippen molar-refractivity contribution in [2.24, 2.45) is 0 Å². The Balaban J connectivity index is 0.000000292. The van der Waals surface area contributed by atoms with E-state index >= 15 is 0 Å². The van der Waals surface area contributed by atoms with Crippen molar-refractivity contribution in [1.29, 1.82) is 0 Å². The smallest absolute Gasteiger partial charge is 0.00550 e. The minimum Gasteiger partial charge on any atom is -0.0656 e. The SMILES string of the molecule is CCC.c1ccc2c(c1)CC1=C2CCCC1. The Bertz CT molecular complexity index is 385. The molecule has 16 heavy (non-hydrogen) atoms. The third-order valence-corrected chi connectivity index (χ3v) is 3.33. The number of benzene rings is 1. The number of allylic oxidation sites excluding steroid dienone is 2. The Hall–Kier alpha value is -1.04.